The third kappa shape index (κ3) is 4.47. The van der Waals surface area contributed by atoms with Gasteiger partial charge < -0.3 is 4.74 Å². The van der Waals surface area contributed by atoms with E-state index in [-0.39, 0.29) is 24.1 Å². The minimum atomic E-state index is -0.259. The molecule has 4 aromatic rings. The maximum absolute atomic E-state index is 14.7. The first-order valence-electron chi connectivity index (χ1n) is 11.4. The van der Waals surface area contributed by atoms with Crippen molar-refractivity contribution in [3.05, 3.63) is 102 Å². The summed E-state index contributed by atoms with van der Waals surface area (Å²) in [6.07, 6.45) is 2.06. The summed E-state index contributed by atoms with van der Waals surface area (Å²) in [5, 5.41) is 7.40. The summed E-state index contributed by atoms with van der Waals surface area (Å²) < 4.78 is 20.7. The average Bonchev–Trinajstić information content (AvgIpc) is 3.29. The lowest BCUT2D eigenvalue weighted by Crippen LogP contribution is -2.47. The minimum Gasteiger partial charge on any atom is -0.373 e. The summed E-state index contributed by atoms with van der Waals surface area (Å²) in [6, 6.07) is 25.8. The highest BCUT2D eigenvalue weighted by atomic mass is 19.1. The molecule has 1 saturated heterocycles. The SMILES string of the molecule is CC1CN(C(c2ccc(-c3ccccc3)cc2)c2cn[nH]c2-c2ccccc2F)CC(C)O1. The van der Waals surface area contributed by atoms with E-state index in [1.807, 2.05) is 18.3 Å². The molecule has 1 aliphatic heterocycles. The molecule has 1 aromatic heterocycles. The van der Waals surface area contributed by atoms with E-state index in [0.29, 0.717) is 5.56 Å². The summed E-state index contributed by atoms with van der Waals surface area (Å²) in [7, 11) is 0. The average molecular weight is 442 g/mol. The number of halogens is 1. The zero-order valence-corrected chi connectivity index (χ0v) is 18.9. The fraction of sp³-hybridized carbons (Fsp3) is 0.250. The van der Waals surface area contributed by atoms with Gasteiger partial charge in [-0.05, 0) is 42.7 Å². The van der Waals surface area contributed by atoms with Crippen LogP contribution < -0.4 is 0 Å². The normalized spacial score (nSPS) is 20.0. The van der Waals surface area contributed by atoms with Gasteiger partial charge in [0.15, 0.2) is 0 Å². The van der Waals surface area contributed by atoms with Crippen LogP contribution in [0.4, 0.5) is 4.39 Å². The molecule has 168 valence electrons. The summed E-state index contributed by atoms with van der Waals surface area (Å²) in [6.45, 7) is 5.78. The fourth-order valence-electron chi connectivity index (χ4n) is 4.89. The van der Waals surface area contributed by atoms with Gasteiger partial charge >= 0.3 is 0 Å². The maximum Gasteiger partial charge on any atom is 0.132 e. The number of aromatic nitrogens is 2. The summed E-state index contributed by atoms with van der Waals surface area (Å²) in [5.41, 5.74) is 5.72. The topological polar surface area (TPSA) is 41.2 Å². The Hall–Kier alpha value is -3.28. The Balaban J connectivity index is 1.58. The predicted octanol–water partition coefficient (Wildman–Crippen LogP) is 6.08. The van der Waals surface area contributed by atoms with Crippen LogP contribution in [0.2, 0.25) is 0 Å². The predicted molar refractivity (Wildman–Crippen MR) is 129 cm³/mol. The highest BCUT2D eigenvalue weighted by Crippen LogP contribution is 2.37. The molecular formula is C28H28FN3O. The Bertz CT molecular complexity index is 1200. The van der Waals surface area contributed by atoms with E-state index >= 15 is 0 Å². The molecule has 5 rings (SSSR count). The Kier molecular flexibility index (Phi) is 6.07. The number of hydrogen-bond acceptors (Lipinski definition) is 3. The van der Waals surface area contributed by atoms with Crippen LogP contribution in [0.15, 0.2) is 85.1 Å². The van der Waals surface area contributed by atoms with E-state index in [4.69, 9.17) is 4.74 Å². The number of nitrogens with zero attached hydrogens (tertiary/aromatic N) is 2. The van der Waals surface area contributed by atoms with Crippen LogP contribution in [0, 0.1) is 5.82 Å². The molecular weight excluding hydrogens is 413 g/mol. The number of benzene rings is 3. The summed E-state index contributed by atoms with van der Waals surface area (Å²) in [4.78, 5) is 2.42. The number of rotatable bonds is 5. The lowest BCUT2D eigenvalue weighted by atomic mass is 9.92. The van der Waals surface area contributed by atoms with Crippen molar-refractivity contribution in [1.29, 1.82) is 0 Å². The highest BCUT2D eigenvalue weighted by Gasteiger charge is 2.32. The third-order valence-corrected chi connectivity index (χ3v) is 6.25. The van der Waals surface area contributed by atoms with Crippen molar-refractivity contribution in [2.45, 2.75) is 32.1 Å². The molecule has 0 saturated carbocycles. The Labute approximate surface area is 194 Å². The van der Waals surface area contributed by atoms with E-state index in [9.17, 15) is 4.39 Å². The summed E-state index contributed by atoms with van der Waals surface area (Å²) >= 11 is 0. The Morgan fingerprint density at radius 1 is 0.879 bits per heavy atom. The monoisotopic (exact) mass is 441 g/mol. The summed E-state index contributed by atoms with van der Waals surface area (Å²) in [5.74, 6) is -0.259. The molecule has 1 N–H and O–H groups in total. The molecule has 0 amide bonds. The van der Waals surface area contributed by atoms with Gasteiger partial charge in [-0.2, -0.15) is 5.10 Å². The van der Waals surface area contributed by atoms with Gasteiger partial charge in [0, 0.05) is 24.2 Å². The van der Waals surface area contributed by atoms with Crippen LogP contribution in [0.1, 0.15) is 31.0 Å². The number of ether oxygens (including phenoxy) is 1. The van der Waals surface area contributed by atoms with E-state index in [1.54, 1.807) is 12.1 Å². The molecule has 3 unspecified atom stereocenters. The van der Waals surface area contributed by atoms with Crippen LogP contribution in [0.3, 0.4) is 0 Å². The van der Waals surface area contributed by atoms with Crippen molar-refractivity contribution in [1.82, 2.24) is 15.1 Å². The first-order chi connectivity index (χ1) is 16.1. The third-order valence-electron chi connectivity index (χ3n) is 6.25. The molecule has 33 heavy (non-hydrogen) atoms. The number of morpholine rings is 1. The maximum atomic E-state index is 14.7. The van der Waals surface area contributed by atoms with Gasteiger partial charge in [-0.15, -0.1) is 0 Å². The zero-order chi connectivity index (χ0) is 22.8. The van der Waals surface area contributed by atoms with E-state index in [1.165, 1.54) is 17.2 Å². The Morgan fingerprint density at radius 3 is 2.21 bits per heavy atom. The lowest BCUT2D eigenvalue weighted by Gasteiger charge is -2.40. The minimum absolute atomic E-state index is 0.0722. The molecule has 1 aliphatic rings. The van der Waals surface area contributed by atoms with Crippen molar-refractivity contribution >= 4 is 0 Å². The second-order valence-corrected chi connectivity index (χ2v) is 8.78. The van der Waals surface area contributed by atoms with Gasteiger partial charge in [0.05, 0.1) is 30.1 Å². The van der Waals surface area contributed by atoms with Crippen LogP contribution >= 0.6 is 0 Å². The van der Waals surface area contributed by atoms with Crippen LogP contribution in [-0.2, 0) is 4.74 Å². The second-order valence-electron chi connectivity index (χ2n) is 8.78. The Morgan fingerprint density at radius 2 is 1.52 bits per heavy atom. The molecule has 0 spiro atoms. The van der Waals surface area contributed by atoms with Crippen LogP contribution in [0.25, 0.3) is 22.4 Å². The molecule has 1 fully saturated rings. The zero-order valence-electron chi connectivity index (χ0n) is 18.9. The lowest BCUT2D eigenvalue weighted by molar-refractivity contribution is -0.0765. The van der Waals surface area contributed by atoms with Gasteiger partial charge in [0.2, 0.25) is 0 Å². The van der Waals surface area contributed by atoms with E-state index in [0.717, 1.165) is 29.9 Å². The van der Waals surface area contributed by atoms with E-state index < -0.39 is 0 Å². The number of aromatic amines is 1. The van der Waals surface area contributed by atoms with Crippen molar-refractivity contribution in [3.63, 3.8) is 0 Å². The fourth-order valence-corrected chi connectivity index (χ4v) is 4.89. The molecule has 5 heteroatoms. The highest BCUT2D eigenvalue weighted by molar-refractivity contribution is 5.66. The van der Waals surface area contributed by atoms with Gasteiger partial charge in [0.25, 0.3) is 0 Å². The first-order valence-corrected chi connectivity index (χ1v) is 11.4. The van der Waals surface area contributed by atoms with Gasteiger partial charge in [0.1, 0.15) is 5.82 Å². The van der Waals surface area contributed by atoms with Crippen LogP contribution in [-0.4, -0.2) is 40.4 Å². The van der Waals surface area contributed by atoms with Crippen LogP contribution in [0.5, 0.6) is 0 Å². The first kappa shape index (κ1) is 21.6. The van der Waals surface area contributed by atoms with Crippen molar-refractivity contribution in [2.75, 3.05) is 13.1 Å². The molecule has 0 aliphatic carbocycles. The van der Waals surface area contributed by atoms with Gasteiger partial charge in [-0.25, -0.2) is 4.39 Å². The van der Waals surface area contributed by atoms with Crippen molar-refractivity contribution in [2.24, 2.45) is 0 Å². The molecule has 0 bridgehead atoms. The quantitative estimate of drug-likeness (QED) is 0.408. The molecule has 3 aromatic carbocycles. The van der Waals surface area contributed by atoms with Crippen molar-refractivity contribution < 1.29 is 9.13 Å². The largest absolute Gasteiger partial charge is 0.373 e. The van der Waals surface area contributed by atoms with Gasteiger partial charge in [-0.1, -0.05) is 66.7 Å². The molecule has 2 heterocycles. The number of nitrogens with one attached hydrogen (secondary N) is 1. The molecule has 4 nitrogen and oxygen atoms in total. The van der Waals surface area contributed by atoms with Crippen molar-refractivity contribution in [3.8, 4) is 22.4 Å². The molecule has 0 radical (unpaired) electrons. The standard InChI is InChI=1S/C28H28FN3O/c1-19-17-32(18-20(2)33-19)28(23-14-12-22(13-15-23)21-8-4-3-5-9-21)25-16-30-31-27(25)24-10-6-7-11-26(24)29/h3-16,19-20,28H,17-18H2,1-2H3,(H,30,31). The number of H-pyrrole nitrogens is 1. The number of hydrogen-bond donors (Lipinski definition) is 1. The van der Waals surface area contributed by atoms with Gasteiger partial charge in [-0.3, -0.25) is 10.00 Å². The molecule has 3 atom stereocenters. The van der Waals surface area contributed by atoms with E-state index in [2.05, 4.69) is 77.5 Å². The smallest absolute Gasteiger partial charge is 0.132 e. The second kappa shape index (κ2) is 9.30.